The summed E-state index contributed by atoms with van der Waals surface area (Å²) in [5.74, 6) is -1.42. The molecule has 12 heterocycles. The lowest BCUT2D eigenvalue weighted by Gasteiger charge is -2.15. The Bertz CT molecular complexity index is 6410. The number of aryl methyl sites for hydroxylation is 2. The van der Waals surface area contributed by atoms with Crippen molar-refractivity contribution in [3.8, 4) is 64.2 Å². The maximum absolute atomic E-state index is 13.2. The summed E-state index contributed by atoms with van der Waals surface area (Å²) < 4.78 is 82.3. The highest BCUT2D eigenvalue weighted by atomic mass is 35.5. The first-order valence-electron chi connectivity index (χ1n) is 45.6. The Hall–Kier alpha value is -15.7. The molecule has 15 aromatic rings. The molecule has 2 saturated heterocycles. The lowest BCUT2D eigenvalue weighted by Crippen LogP contribution is -2.22. The fourth-order valence-corrected chi connectivity index (χ4v) is 15.3. The maximum Gasteiger partial charge on any atom is 0.335 e. The molecule has 2 aliphatic heterocycles. The fraction of sp³-hybridized carbons (Fsp3) is 0.272. The average Bonchev–Trinajstić information content (AvgIpc) is 1.60. The van der Waals surface area contributed by atoms with Gasteiger partial charge in [-0.2, -0.15) is 48.9 Å². The third kappa shape index (κ3) is 30.6. The molecule has 5 N–H and O–H groups in total. The first-order chi connectivity index (χ1) is 69.1. The second kappa shape index (κ2) is 52.0. The highest BCUT2D eigenvalue weighted by Crippen LogP contribution is 2.33. The minimum atomic E-state index is -1.06. The second-order valence-electron chi connectivity index (χ2n) is 33.5. The number of hydrogen-bond donors (Lipinski definition) is 5. The number of methoxy groups -OCH3 is 1. The van der Waals surface area contributed by atoms with Crippen LogP contribution in [0.4, 0.5) is 13.2 Å². The van der Waals surface area contributed by atoms with Gasteiger partial charge in [0.1, 0.15) is 56.2 Å². The molecule has 0 bridgehead atoms. The molecule has 5 aromatic carbocycles. The minimum absolute atomic E-state index is 0.0895. The number of likely N-dealkylation sites (tertiary alicyclic amines) is 2. The van der Waals surface area contributed by atoms with Crippen LogP contribution in [0.1, 0.15) is 140 Å². The van der Waals surface area contributed by atoms with Gasteiger partial charge >= 0.3 is 29.8 Å². The molecule has 2 fully saturated rings. The van der Waals surface area contributed by atoms with Crippen molar-refractivity contribution in [1.29, 1.82) is 0 Å². The number of aromatic carboxylic acids is 5. The highest BCUT2D eigenvalue weighted by Gasteiger charge is 2.26. The molecule has 40 heteroatoms. The van der Waals surface area contributed by atoms with Crippen LogP contribution in [0.25, 0.3) is 29.1 Å². The zero-order valence-electron chi connectivity index (χ0n) is 79.0. The normalized spacial score (nSPS) is 12.3. The summed E-state index contributed by atoms with van der Waals surface area (Å²) in [5.41, 5.74) is 8.59. The lowest BCUT2D eigenvalue weighted by atomic mass is 10.2. The number of carboxylic acids is 5. The standard InChI is InChI=1S/C22H23ClN4O3.C22H23FN4O3.C21H23ClN4O3.C21H23FN4O3.C17H14FN3O4/c2*23-19-5-3-16(4-6-19)15-30-21-18(8-12-26-10-1-2-11-26)14-25-27(21)20-13-17(22(28)29)7-9-24-20;2*1-25(2)11-3-4-17-13-24-26(19-12-16(21(27)28)9-10-23-19)20(17)29-14-15-5-7-18(22)8-6-15;1-24-14-9-13(18)3-2-12(14)10-25-16-5-7-20-21(16)15-8-11(17(22)23)4-6-19-15/h2*3-7,9,13-14H,1-2,8,10-12,15H2,(H,28,29);2*5-10,12-13H,3-4,11,14H2,1-2H3,(H,27,28);2-9H,10H2,1H3,(H,22,23). The highest BCUT2D eigenvalue weighted by molar-refractivity contribution is 6.30. The SMILES string of the molecule is CN(C)CCCc1cnn(-c2cc(C(=O)O)ccn2)c1OCc1ccc(Cl)cc1.CN(C)CCCc1cnn(-c2cc(C(=O)O)ccn2)c1OCc1ccc(F)cc1.COc1cc(F)ccc1COc1ccnn1-c1cc(C(=O)O)ccn1.O=C(O)c1ccnc(-n2ncc(CCN3CCCC3)c2OCc2ccc(Cl)cc2)c1.O=C(O)c1ccnc(-n2ncc(CCN3CCCC3)c2OCc2ccc(F)cc2)c1. The Kier molecular flexibility index (Phi) is 38.0. The molecule has 17 rings (SSSR count). The van der Waals surface area contributed by atoms with Crippen LogP contribution in [-0.2, 0) is 58.7 Å². The smallest absolute Gasteiger partial charge is 0.335 e. The van der Waals surface area contributed by atoms with E-state index < -0.39 is 35.7 Å². The molecule has 0 radical (unpaired) electrons. The molecule has 0 atom stereocenters. The summed E-state index contributed by atoms with van der Waals surface area (Å²) in [6.45, 7) is 9.40. The summed E-state index contributed by atoms with van der Waals surface area (Å²) in [5, 5.41) is 69.3. The van der Waals surface area contributed by atoms with E-state index in [4.69, 9.17) is 56.7 Å². The van der Waals surface area contributed by atoms with Crippen LogP contribution in [0.3, 0.4) is 0 Å². The maximum atomic E-state index is 13.2. The zero-order valence-corrected chi connectivity index (χ0v) is 80.5. The number of hydrogen-bond acceptors (Lipinski definition) is 25. The van der Waals surface area contributed by atoms with Gasteiger partial charge in [-0.05, 0) is 275 Å². The fourth-order valence-electron chi connectivity index (χ4n) is 15.0. The molecule has 35 nitrogen and oxygen atoms in total. The molecular formula is C103H106Cl2F3N19O16. The molecule has 0 spiro atoms. The van der Waals surface area contributed by atoms with Gasteiger partial charge in [0.05, 0.1) is 65.9 Å². The van der Waals surface area contributed by atoms with Gasteiger partial charge in [0, 0.05) is 94.1 Å². The van der Waals surface area contributed by atoms with Gasteiger partial charge in [-0.1, -0.05) is 71.7 Å². The van der Waals surface area contributed by atoms with E-state index in [1.807, 2.05) is 76.7 Å². The van der Waals surface area contributed by atoms with E-state index in [9.17, 15) is 57.6 Å². The summed E-state index contributed by atoms with van der Waals surface area (Å²) >= 11 is 11.9. The van der Waals surface area contributed by atoms with Gasteiger partial charge in [0.25, 0.3) is 0 Å². The third-order valence-corrected chi connectivity index (χ3v) is 23.0. The minimum Gasteiger partial charge on any atom is -0.496 e. The number of pyridine rings is 5. The largest absolute Gasteiger partial charge is 0.496 e. The molecular weight excluding hydrogens is 1890 g/mol. The third-order valence-electron chi connectivity index (χ3n) is 22.5. The summed E-state index contributed by atoms with van der Waals surface area (Å²) in [6, 6.07) is 47.3. The molecule has 0 aliphatic carbocycles. The van der Waals surface area contributed by atoms with Gasteiger partial charge in [0.2, 0.25) is 29.4 Å². The van der Waals surface area contributed by atoms with Gasteiger partial charge in [-0.15, -0.1) is 0 Å². The molecule has 143 heavy (non-hydrogen) atoms. The second-order valence-corrected chi connectivity index (χ2v) is 34.4. The van der Waals surface area contributed by atoms with Crippen LogP contribution in [0, 0.1) is 17.5 Å². The Labute approximate surface area is 831 Å². The first-order valence-corrected chi connectivity index (χ1v) is 46.4. The van der Waals surface area contributed by atoms with Crippen molar-refractivity contribution < 1.29 is 91.1 Å². The van der Waals surface area contributed by atoms with E-state index in [2.05, 4.69) is 70.0 Å². The van der Waals surface area contributed by atoms with Crippen LogP contribution in [0.5, 0.6) is 35.1 Å². The van der Waals surface area contributed by atoms with E-state index in [0.717, 1.165) is 135 Å². The molecule has 2 aliphatic rings. The van der Waals surface area contributed by atoms with Crippen molar-refractivity contribution >= 4 is 53.0 Å². The van der Waals surface area contributed by atoms with Crippen molar-refractivity contribution in [2.45, 2.75) is 97.2 Å². The predicted molar refractivity (Wildman–Crippen MR) is 524 cm³/mol. The van der Waals surface area contributed by atoms with Crippen molar-refractivity contribution in [2.75, 3.05) is 87.7 Å². The molecule has 10 aromatic heterocycles. The van der Waals surface area contributed by atoms with E-state index >= 15 is 0 Å². The van der Waals surface area contributed by atoms with Crippen LogP contribution in [-0.4, -0.2) is 236 Å². The van der Waals surface area contributed by atoms with E-state index in [-0.39, 0.29) is 59.3 Å². The number of halogens is 5. The van der Waals surface area contributed by atoms with Crippen LogP contribution in [0.2, 0.25) is 10.0 Å². The quantitative estimate of drug-likeness (QED) is 0.0238. The number of aromatic nitrogens is 15. The Morgan fingerprint density at radius 2 is 0.629 bits per heavy atom. The van der Waals surface area contributed by atoms with Gasteiger partial charge < -0.3 is 73.6 Å². The number of nitrogens with zero attached hydrogens (tertiary/aromatic N) is 19. The van der Waals surface area contributed by atoms with Crippen LogP contribution in [0.15, 0.2) is 244 Å². The topological polar surface area (TPSA) is 408 Å². The van der Waals surface area contributed by atoms with Crippen molar-refractivity contribution in [1.82, 2.24) is 93.4 Å². The molecule has 0 saturated carbocycles. The number of benzene rings is 5. The predicted octanol–water partition coefficient (Wildman–Crippen LogP) is 16.7. The van der Waals surface area contributed by atoms with Crippen molar-refractivity contribution in [3.63, 3.8) is 0 Å². The first kappa shape index (κ1) is 105. The van der Waals surface area contributed by atoms with E-state index in [0.29, 0.717) is 93.1 Å². The summed E-state index contributed by atoms with van der Waals surface area (Å²) in [7, 11) is 9.53. The van der Waals surface area contributed by atoms with Gasteiger partial charge in [-0.3, -0.25) is 0 Å². The van der Waals surface area contributed by atoms with Crippen LogP contribution >= 0.6 is 23.2 Å². The Morgan fingerprint density at radius 1 is 0.336 bits per heavy atom. The zero-order chi connectivity index (χ0) is 101. The van der Waals surface area contributed by atoms with Crippen LogP contribution < -0.4 is 28.4 Å². The van der Waals surface area contributed by atoms with Gasteiger partial charge in [0.15, 0.2) is 29.1 Å². The number of carboxylic acid groups (broad SMARTS) is 5. The Morgan fingerprint density at radius 3 is 0.930 bits per heavy atom. The molecule has 744 valence electrons. The Balaban J connectivity index is 0.000000150. The van der Waals surface area contributed by atoms with Crippen molar-refractivity contribution in [2.24, 2.45) is 0 Å². The number of carbonyl (C=O) groups is 5. The average molecular weight is 1990 g/mol. The van der Waals surface area contributed by atoms with Gasteiger partial charge in [-0.25, -0.2) is 62.1 Å². The molecule has 0 amide bonds. The van der Waals surface area contributed by atoms with Crippen molar-refractivity contribution in [3.05, 3.63) is 349 Å². The monoisotopic (exact) mass is 1990 g/mol. The number of rotatable bonds is 40. The summed E-state index contributed by atoms with van der Waals surface area (Å²) in [6.07, 6.45) is 25.5. The lowest BCUT2D eigenvalue weighted by molar-refractivity contribution is 0.0686. The van der Waals surface area contributed by atoms with E-state index in [1.165, 1.54) is 181 Å². The van der Waals surface area contributed by atoms with E-state index in [1.54, 1.807) is 70.5 Å². The number of ether oxygens (including phenoxy) is 6. The summed E-state index contributed by atoms with van der Waals surface area (Å²) in [4.78, 5) is 86.6. The molecule has 0 unspecified atom stereocenters.